The molecule has 1 fully saturated rings. The van der Waals surface area contributed by atoms with Crippen LogP contribution in [0.15, 0.2) is 36.5 Å². The van der Waals surface area contributed by atoms with Crippen molar-refractivity contribution in [2.75, 3.05) is 6.54 Å². The number of aromatic nitrogens is 1. The average Bonchev–Trinajstić information content (AvgIpc) is 3.28. The van der Waals surface area contributed by atoms with Crippen molar-refractivity contribution < 1.29 is 9.90 Å². The first-order chi connectivity index (χ1) is 9.74. The second kappa shape index (κ2) is 5.59. The summed E-state index contributed by atoms with van der Waals surface area (Å²) in [5.41, 5.74) is 2.20. The Morgan fingerprint density at radius 3 is 2.85 bits per heavy atom. The second-order valence-electron chi connectivity index (χ2n) is 5.34. The number of fused-ring (bicyclic) bond motifs is 1. The van der Waals surface area contributed by atoms with E-state index in [0.29, 0.717) is 12.6 Å². The number of carbonyl (C=O) groups is 1. The van der Waals surface area contributed by atoms with E-state index in [-0.39, 0.29) is 6.42 Å². The summed E-state index contributed by atoms with van der Waals surface area (Å²) in [7, 11) is 0. The van der Waals surface area contributed by atoms with Crippen molar-refractivity contribution in [3.63, 3.8) is 0 Å². The second-order valence-corrected chi connectivity index (χ2v) is 5.34. The van der Waals surface area contributed by atoms with Gasteiger partial charge < -0.3 is 5.11 Å². The van der Waals surface area contributed by atoms with E-state index in [2.05, 4.69) is 28.1 Å². The molecule has 0 aliphatic heterocycles. The molecule has 0 spiro atoms. The Morgan fingerprint density at radius 2 is 2.10 bits per heavy atom. The number of aliphatic carboxylic acids is 1. The molecule has 1 heterocycles. The molecule has 1 aromatic carbocycles. The molecule has 0 amide bonds. The van der Waals surface area contributed by atoms with Crippen LogP contribution >= 0.6 is 0 Å². The maximum absolute atomic E-state index is 10.8. The first-order valence-corrected chi connectivity index (χ1v) is 7.02. The molecule has 2 aromatic rings. The molecule has 1 aliphatic rings. The van der Waals surface area contributed by atoms with Crippen LogP contribution in [-0.2, 0) is 11.3 Å². The van der Waals surface area contributed by atoms with Gasteiger partial charge in [0.25, 0.3) is 0 Å². The van der Waals surface area contributed by atoms with Crippen LogP contribution in [0.1, 0.15) is 24.8 Å². The van der Waals surface area contributed by atoms with Crippen LogP contribution in [0.4, 0.5) is 0 Å². The highest BCUT2D eigenvalue weighted by Gasteiger charge is 2.29. The van der Waals surface area contributed by atoms with E-state index in [4.69, 9.17) is 5.11 Å². The predicted molar refractivity (Wildman–Crippen MR) is 77.4 cm³/mol. The number of benzene rings is 1. The summed E-state index contributed by atoms with van der Waals surface area (Å²) in [5, 5.41) is 10.0. The molecule has 4 nitrogen and oxygen atoms in total. The van der Waals surface area contributed by atoms with Crippen LogP contribution in [0, 0.1) is 0 Å². The third kappa shape index (κ3) is 2.96. The topological polar surface area (TPSA) is 53.4 Å². The fraction of sp³-hybridized carbons (Fsp3) is 0.375. The Hall–Kier alpha value is -1.94. The molecule has 1 N–H and O–H groups in total. The molecule has 0 bridgehead atoms. The molecular weight excluding hydrogens is 252 g/mol. The largest absolute Gasteiger partial charge is 0.481 e. The van der Waals surface area contributed by atoms with Crippen molar-refractivity contribution in [1.82, 2.24) is 9.88 Å². The van der Waals surface area contributed by atoms with Gasteiger partial charge in [-0.2, -0.15) is 0 Å². The van der Waals surface area contributed by atoms with Crippen molar-refractivity contribution in [1.29, 1.82) is 0 Å². The number of rotatable bonds is 6. The number of nitrogens with zero attached hydrogens (tertiary/aromatic N) is 2. The van der Waals surface area contributed by atoms with Crippen LogP contribution in [-0.4, -0.2) is 33.5 Å². The molecule has 104 valence electrons. The SMILES string of the molecule is O=C(O)CCN(Cc1cccc2cccnc12)C1CC1. The summed E-state index contributed by atoms with van der Waals surface area (Å²) < 4.78 is 0. The van der Waals surface area contributed by atoms with Gasteiger partial charge in [0.15, 0.2) is 0 Å². The maximum atomic E-state index is 10.8. The first-order valence-electron chi connectivity index (χ1n) is 7.02. The lowest BCUT2D eigenvalue weighted by Crippen LogP contribution is -2.28. The third-order valence-corrected chi connectivity index (χ3v) is 3.77. The standard InChI is InChI=1S/C16H18N2O2/c19-15(20)8-10-18(14-6-7-14)11-13-4-1-3-12-5-2-9-17-16(12)13/h1-5,9,14H,6-8,10-11H2,(H,19,20). The molecule has 3 rings (SSSR count). The predicted octanol–water partition coefficient (Wildman–Crippen LogP) is 2.67. The fourth-order valence-corrected chi connectivity index (χ4v) is 2.58. The van der Waals surface area contributed by atoms with E-state index in [0.717, 1.165) is 17.4 Å². The molecule has 0 saturated heterocycles. The Kier molecular flexibility index (Phi) is 3.65. The van der Waals surface area contributed by atoms with Gasteiger partial charge in [-0.25, -0.2) is 0 Å². The molecule has 0 unspecified atom stereocenters. The number of hydrogen-bond donors (Lipinski definition) is 1. The van der Waals surface area contributed by atoms with Crippen LogP contribution in [0.3, 0.4) is 0 Å². The number of hydrogen-bond acceptors (Lipinski definition) is 3. The molecule has 0 atom stereocenters. The average molecular weight is 270 g/mol. The Morgan fingerprint density at radius 1 is 1.30 bits per heavy atom. The maximum Gasteiger partial charge on any atom is 0.304 e. The molecule has 20 heavy (non-hydrogen) atoms. The molecule has 4 heteroatoms. The van der Waals surface area contributed by atoms with Gasteiger partial charge >= 0.3 is 5.97 Å². The van der Waals surface area contributed by atoms with E-state index in [1.807, 2.05) is 18.3 Å². The fourth-order valence-electron chi connectivity index (χ4n) is 2.58. The van der Waals surface area contributed by atoms with E-state index in [1.165, 1.54) is 18.4 Å². The highest BCUT2D eigenvalue weighted by Crippen LogP contribution is 2.29. The molecule has 1 saturated carbocycles. The van der Waals surface area contributed by atoms with E-state index < -0.39 is 5.97 Å². The monoisotopic (exact) mass is 270 g/mol. The van der Waals surface area contributed by atoms with Gasteiger partial charge in [-0.15, -0.1) is 0 Å². The van der Waals surface area contributed by atoms with Gasteiger partial charge in [0.2, 0.25) is 0 Å². The normalized spacial score (nSPS) is 14.8. The molecular formula is C16H18N2O2. The minimum atomic E-state index is -0.730. The molecule has 0 radical (unpaired) electrons. The summed E-state index contributed by atoms with van der Waals surface area (Å²) in [6.07, 6.45) is 4.37. The summed E-state index contributed by atoms with van der Waals surface area (Å²) in [4.78, 5) is 17.5. The van der Waals surface area contributed by atoms with Gasteiger partial charge in [0, 0.05) is 30.7 Å². The van der Waals surface area contributed by atoms with E-state index in [1.54, 1.807) is 0 Å². The number of carboxylic acid groups (broad SMARTS) is 1. The first kappa shape index (κ1) is 13.1. The lowest BCUT2D eigenvalue weighted by atomic mass is 10.1. The van der Waals surface area contributed by atoms with Gasteiger partial charge in [0.05, 0.1) is 11.9 Å². The highest BCUT2D eigenvalue weighted by atomic mass is 16.4. The van der Waals surface area contributed by atoms with Gasteiger partial charge in [-0.05, 0) is 24.5 Å². The number of para-hydroxylation sites is 1. The summed E-state index contributed by atoms with van der Waals surface area (Å²) in [5.74, 6) is -0.730. The Balaban J connectivity index is 1.81. The van der Waals surface area contributed by atoms with E-state index >= 15 is 0 Å². The van der Waals surface area contributed by atoms with Crippen molar-refractivity contribution in [2.45, 2.75) is 31.8 Å². The van der Waals surface area contributed by atoms with Crippen LogP contribution in [0.25, 0.3) is 10.9 Å². The van der Waals surface area contributed by atoms with E-state index in [9.17, 15) is 4.79 Å². The van der Waals surface area contributed by atoms with Gasteiger partial charge in [0.1, 0.15) is 0 Å². The Labute approximate surface area is 118 Å². The quantitative estimate of drug-likeness (QED) is 0.876. The minimum absolute atomic E-state index is 0.203. The molecule has 1 aliphatic carbocycles. The zero-order chi connectivity index (χ0) is 13.9. The van der Waals surface area contributed by atoms with Crippen molar-refractivity contribution in [3.8, 4) is 0 Å². The van der Waals surface area contributed by atoms with Crippen molar-refractivity contribution in [3.05, 3.63) is 42.1 Å². The summed E-state index contributed by atoms with van der Waals surface area (Å²) >= 11 is 0. The van der Waals surface area contributed by atoms with Gasteiger partial charge in [-0.3, -0.25) is 14.7 Å². The number of carboxylic acids is 1. The minimum Gasteiger partial charge on any atom is -0.481 e. The van der Waals surface area contributed by atoms with Crippen LogP contribution in [0.5, 0.6) is 0 Å². The van der Waals surface area contributed by atoms with Gasteiger partial charge in [-0.1, -0.05) is 24.3 Å². The lowest BCUT2D eigenvalue weighted by molar-refractivity contribution is -0.137. The lowest BCUT2D eigenvalue weighted by Gasteiger charge is -2.21. The summed E-state index contributed by atoms with van der Waals surface area (Å²) in [6, 6.07) is 10.7. The highest BCUT2D eigenvalue weighted by molar-refractivity contribution is 5.81. The van der Waals surface area contributed by atoms with Crippen LogP contribution < -0.4 is 0 Å². The molecule has 1 aromatic heterocycles. The number of pyridine rings is 1. The zero-order valence-electron chi connectivity index (χ0n) is 11.3. The summed E-state index contributed by atoms with van der Waals surface area (Å²) in [6.45, 7) is 1.40. The van der Waals surface area contributed by atoms with Crippen molar-refractivity contribution >= 4 is 16.9 Å². The third-order valence-electron chi connectivity index (χ3n) is 3.77. The van der Waals surface area contributed by atoms with Crippen molar-refractivity contribution in [2.24, 2.45) is 0 Å². The Bertz CT molecular complexity index is 617. The smallest absolute Gasteiger partial charge is 0.304 e. The zero-order valence-corrected chi connectivity index (χ0v) is 11.3. The van der Waals surface area contributed by atoms with Crippen LogP contribution in [0.2, 0.25) is 0 Å².